The van der Waals surface area contributed by atoms with E-state index in [1.165, 1.54) is 12.1 Å². The molecular weight excluding hydrogens is 334 g/mol. The van der Waals surface area contributed by atoms with Crippen LogP contribution in [0.25, 0.3) is 0 Å². The Labute approximate surface area is 123 Å². The van der Waals surface area contributed by atoms with Crippen LogP contribution in [0, 0.1) is 10.1 Å². The molecule has 0 spiro atoms. The van der Waals surface area contributed by atoms with Gasteiger partial charge in [-0.25, -0.2) is 0 Å². The highest BCUT2D eigenvalue weighted by Gasteiger charge is 2.24. The molecule has 1 aliphatic rings. The molecule has 0 aliphatic carbocycles. The summed E-state index contributed by atoms with van der Waals surface area (Å²) in [6.07, 6.45) is 0. The van der Waals surface area contributed by atoms with Gasteiger partial charge in [-0.05, 0) is 6.07 Å². The Balaban J connectivity index is 1.95. The van der Waals surface area contributed by atoms with Crippen molar-refractivity contribution in [2.24, 2.45) is 0 Å². The van der Waals surface area contributed by atoms with Gasteiger partial charge in [0.2, 0.25) is 0 Å². The van der Waals surface area contributed by atoms with E-state index in [0.717, 1.165) is 36.3 Å². The molecule has 19 heavy (non-hydrogen) atoms. The van der Waals surface area contributed by atoms with Gasteiger partial charge in [0.25, 0.3) is 5.91 Å². The van der Waals surface area contributed by atoms with Crippen molar-refractivity contribution in [2.75, 3.05) is 38.1 Å². The minimum Gasteiger partial charge on any atom is -0.335 e. The number of hydrogen-bond donors (Lipinski definition) is 0. The lowest BCUT2D eigenvalue weighted by molar-refractivity contribution is -0.380. The first-order chi connectivity index (χ1) is 9.11. The highest BCUT2D eigenvalue weighted by molar-refractivity contribution is 9.09. The Kier molecular flexibility index (Phi) is 4.89. The highest BCUT2D eigenvalue weighted by atomic mass is 79.9. The van der Waals surface area contributed by atoms with Crippen molar-refractivity contribution in [1.29, 1.82) is 0 Å². The molecule has 0 bridgehead atoms. The van der Waals surface area contributed by atoms with Crippen LogP contribution >= 0.6 is 27.3 Å². The van der Waals surface area contributed by atoms with Gasteiger partial charge in [-0.3, -0.25) is 19.8 Å². The number of nitrogens with zero attached hydrogens (tertiary/aromatic N) is 3. The molecule has 0 aromatic carbocycles. The Morgan fingerprint density at radius 2 is 2.05 bits per heavy atom. The summed E-state index contributed by atoms with van der Waals surface area (Å²) in [6.45, 7) is 4.04. The Morgan fingerprint density at radius 1 is 1.37 bits per heavy atom. The molecule has 1 aliphatic heterocycles. The highest BCUT2D eigenvalue weighted by Crippen LogP contribution is 2.25. The van der Waals surface area contributed by atoms with Crippen LogP contribution < -0.4 is 0 Å². The van der Waals surface area contributed by atoms with Crippen LogP contribution in [0.5, 0.6) is 0 Å². The topological polar surface area (TPSA) is 66.7 Å². The summed E-state index contributed by atoms with van der Waals surface area (Å²) in [5.41, 5.74) is 0. The van der Waals surface area contributed by atoms with Crippen LogP contribution in [0.1, 0.15) is 9.67 Å². The molecule has 1 aromatic rings. The van der Waals surface area contributed by atoms with Gasteiger partial charge in [0.05, 0.1) is 9.80 Å². The van der Waals surface area contributed by atoms with Crippen molar-refractivity contribution in [2.45, 2.75) is 0 Å². The summed E-state index contributed by atoms with van der Waals surface area (Å²) in [5.74, 6) is -0.100. The van der Waals surface area contributed by atoms with Crippen LogP contribution in [-0.2, 0) is 0 Å². The Hall–Kier alpha value is -0.990. The number of alkyl halides is 1. The van der Waals surface area contributed by atoms with E-state index in [0.29, 0.717) is 18.0 Å². The number of halogens is 1. The second kappa shape index (κ2) is 6.44. The van der Waals surface area contributed by atoms with Gasteiger partial charge in [0.15, 0.2) is 0 Å². The average molecular weight is 348 g/mol. The standard InChI is InChI=1S/C11H14BrN3O3S/c12-3-4-13-5-7-14(8-6-13)11(16)9-1-2-10(19-9)15(17)18/h1-2H,3-8H2. The van der Waals surface area contributed by atoms with Gasteiger partial charge < -0.3 is 4.90 Å². The zero-order chi connectivity index (χ0) is 13.8. The lowest BCUT2D eigenvalue weighted by atomic mass is 10.3. The van der Waals surface area contributed by atoms with Crippen LogP contribution in [0.15, 0.2) is 12.1 Å². The maximum absolute atomic E-state index is 12.2. The monoisotopic (exact) mass is 347 g/mol. The summed E-state index contributed by atoms with van der Waals surface area (Å²) in [6, 6.07) is 2.93. The van der Waals surface area contributed by atoms with E-state index in [1.807, 2.05) is 0 Å². The average Bonchev–Trinajstić information content (AvgIpc) is 2.89. The second-order valence-corrected chi connectivity index (χ2v) is 6.07. The largest absolute Gasteiger partial charge is 0.335 e. The lowest BCUT2D eigenvalue weighted by Gasteiger charge is -2.34. The first kappa shape index (κ1) is 14.4. The number of carbonyl (C=O) groups excluding carboxylic acids is 1. The third kappa shape index (κ3) is 3.52. The van der Waals surface area contributed by atoms with Gasteiger partial charge >= 0.3 is 5.00 Å². The smallest absolute Gasteiger partial charge is 0.324 e. The van der Waals surface area contributed by atoms with Crippen molar-refractivity contribution in [3.05, 3.63) is 27.1 Å². The molecule has 0 atom stereocenters. The maximum atomic E-state index is 12.2. The third-order valence-corrected chi connectivity index (χ3v) is 4.42. The van der Waals surface area contributed by atoms with Crippen molar-refractivity contribution >= 4 is 38.2 Å². The number of piperazine rings is 1. The molecule has 2 heterocycles. The van der Waals surface area contributed by atoms with Gasteiger partial charge in [-0.1, -0.05) is 27.3 Å². The van der Waals surface area contributed by atoms with E-state index in [1.54, 1.807) is 4.90 Å². The molecule has 1 fully saturated rings. The molecule has 1 amide bonds. The number of thiophene rings is 1. The first-order valence-corrected chi connectivity index (χ1v) is 7.87. The Morgan fingerprint density at radius 3 is 2.58 bits per heavy atom. The summed E-state index contributed by atoms with van der Waals surface area (Å²) >= 11 is 4.34. The van der Waals surface area contributed by atoms with E-state index in [9.17, 15) is 14.9 Å². The molecule has 6 nitrogen and oxygen atoms in total. The van der Waals surface area contributed by atoms with Crippen molar-refractivity contribution < 1.29 is 9.72 Å². The van der Waals surface area contributed by atoms with Crippen LogP contribution in [0.3, 0.4) is 0 Å². The summed E-state index contributed by atoms with van der Waals surface area (Å²) in [4.78, 5) is 26.8. The van der Waals surface area contributed by atoms with Crippen LogP contribution in [-0.4, -0.2) is 58.7 Å². The second-order valence-electron chi connectivity index (χ2n) is 4.22. The van der Waals surface area contributed by atoms with Crippen molar-refractivity contribution in [1.82, 2.24) is 9.80 Å². The van der Waals surface area contributed by atoms with E-state index >= 15 is 0 Å². The fourth-order valence-corrected chi connectivity index (χ4v) is 3.28. The van der Waals surface area contributed by atoms with Crippen molar-refractivity contribution in [3.63, 3.8) is 0 Å². The summed E-state index contributed by atoms with van der Waals surface area (Å²) in [7, 11) is 0. The zero-order valence-electron chi connectivity index (χ0n) is 10.2. The van der Waals surface area contributed by atoms with Gasteiger partial charge in [0, 0.05) is 44.1 Å². The zero-order valence-corrected chi connectivity index (χ0v) is 12.7. The quantitative estimate of drug-likeness (QED) is 0.473. The number of hydrogen-bond acceptors (Lipinski definition) is 5. The molecule has 0 N–H and O–H groups in total. The van der Waals surface area contributed by atoms with Crippen LogP contribution in [0.2, 0.25) is 0 Å². The molecule has 1 aromatic heterocycles. The molecule has 1 saturated heterocycles. The van der Waals surface area contributed by atoms with Gasteiger partial charge in [0.1, 0.15) is 0 Å². The molecule has 104 valence electrons. The number of rotatable bonds is 4. The number of nitro groups is 1. The van der Waals surface area contributed by atoms with E-state index < -0.39 is 4.92 Å². The van der Waals surface area contributed by atoms with E-state index in [-0.39, 0.29) is 10.9 Å². The summed E-state index contributed by atoms with van der Waals surface area (Å²) in [5, 5.41) is 11.6. The number of carbonyl (C=O) groups is 1. The third-order valence-electron chi connectivity index (χ3n) is 3.04. The minimum atomic E-state index is -0.463. The van der Waals surface area contributed by atoms with Gasteiger partial charge in [-0.2, -0.15) is 0 Å². The Bertz CT molecular complexity index is 472. The molecule has 0 radical (unpaired) electrons. The normalized spacial score (nSPS) is 16.6. The molecular formula is C11H14BrN3O3S. The molecule has 0 unspecified atom stereocenters. The van der Waals surface area contributed by atoms with Gasteiger partial charge in [-0.15, -0.1) is 0 Å². The van der Waals surface area contributed by atoms with Crippen LogP contribution in [0.4, 0.5) is 5.00 Å². The number of amides is 1. The first-order valence-electron chi connectivity index (χ1n) is 5.93. The predicted molar refractivity (Wildman–Crippen MR) is 77.1 cm³/mol. The predicted octanol–water partition coefficient (Wildman–Crippen LogP) is 1.81. The maximum Gasteiger partial charge on any atom is 0.324 e. The molecule has 2 rings (SSSR count). The summed E-state index contributed by atoms with van der Waals surface area (Å²) < 4.78 is 0. The fourth-order valence-electron chi connectivity index (χ4n) is 1.99. The van der Waals surface area contributed by atoms with Crippen molar-refractivity contribution in [3.8, 4) is 0 Å². The molecule has 8 heteroatoms. The minimum absolute atomic E-state index is 0.0151. The van der Waals surface area contributed by atoms with E-state index in [2.05, 4.69) is 20.8 Å². The lowest BCUT2D eigenvalue weighted by Crippen LogP contribution is -2.48. The molecule has 0 saturated carbocycles. The SMILES string of the molecule is O=C(c1ccc([N+](=O)[O-])s1)N1CCN(CCBr)CC1. The van der Waals surface area contributed by atoms with E-state index in [4.69, 9.17) is 0 Å². The fraction of sp³-hybridized carbons (Fsp3) is 0.545.